The van der Waals surface area contributed by atoms with Gasteiger partial charge in [0.15, 0.2) is 15.7 Å². The average Bonchev–Trinajstić information content (AvgIpc) is 3.29. The van der Waals surface area contributed by atoms with Gasteiger partial charge in [0.05, 0.1) is 21.6 Å². The molecule has 0 aliphatic heterocycles. The lowest BCUT2D eigenvalue weighted by Gasteiger charge is -2.39. The van der Waals surface area contributed by atoms with Crippen molar-refractivity contribution in [3.05, 3.63) is 82.9 Å². The molecule has 1 aliphatic carbocycles. The Morgan fingerprint density at radius 1 is 1.03 bits per heavy atom. The molecule has 2 heterocycles. The van der Waals surface area contributed by atoms with E-state index >= 15 is 0 Å². The van der Waals surface area contributed by atoms with Gasteiger partial charge in [-0.1, -0.05) is 42.8 Å². The number of nitrogens with one attached hydrogen (secondary N) is 3. The van der Waals surface area contributed by atoms with E-state index in [1.165, 1.54) is 23.8 Å². The van der Waals surface area contributed by atoms with Gasteiger partial charge in [0.1, 0.15) is 0 Å². The van der Waals surface area contributed by atoms with Gasteiger partial charge in [-0.3, -0.25) is 9.59 Å². The first-order valence-electron chi connectivity index (χ1n) is 12.2. The number of hydrogen-bond acceptors (Lipinski definition) is 7. The fourth-order valence-corrected chi connectivity index (χ4v) is 6.87. The number of thiophene rings is 1. The molecule has 1 saturated carbocycles. The van der Waals surface area contributed by atoms with Crippen LogP contribution in [0.4, 0.5) is 17.2 Å². The summed E-state index contributed by atoms with van der Waals surface area (Å²) in [4.78, 5) is 30.8. The quantitative estimate of drug-likeness (QED) is 0.275. The number of hydrogen-bond donors (Lipinski definition) is 3. The van der Waals surface area contributed by atoms with Gasteiger partial charge in [-0.05, 0) is 43.5 Å². The number of fused-ring (bicyclic) bond motifs is 1. The molecule has 0 saturated heterocycles. The number of nitrogens with zero attached hydrogens (tertiary/aromatic N) is 1. The number of rotatable bonds is 8. The van der Waals surface area contributed by atoms with Crippen molar-refractivity contribution in [2.45, 2.75) is 30.9 Å². The maximum Gasteiger partial charge on any atom is 0.257 e. The van der Waals surface area contributed by atoms with E-state index in [9.17, 15) is 18.0 Å². The molecule has 196 valence electrons. The summed E-state index contributed by atoms with van der Waals surface area (Å²) in [5, 5.41) is 11.6. The van der Waals surface area contributed by atoms with Crippen molar-refractivity contribution < 1.29 is 18.0 Å². The van der Waals surface area contributed by atoms with Crippen LogP contribution in [-0.4, -0.2) is 42.8 Å². The van der Waals surface area contributed by atoms with Crippen LogP contribution in [0.5, 0.6) is 0 Å². The number of sulfone groups is 1. The Balaban J connectivity index is 1.44. The number of carbonyl (C=O) groups is 2. The molecule has 2 amide bonds. The SMILES string of the molecule is Cc1ccccc1Nc1ncc(C(=O)NCC2(S(C)(=O)=O)CCC2)cc1NC(=O)c1csc2ccccc12. The van der Waals surface area contributed by atoms with Crippen molar-refractivity contribution >= 4 is 60.3 Å². The molecule has 2 aromatic heterocycles. The van der Waals surface area contributed by atoms with Crippen molar-refractivity contribution in [3.63, 3.8) is 0 Å². The topological polar surface area (TPSA) is 117 Å². The fraction of sp³-hybridized carbons (Fsp3) is 0.250. The Morgan fingerprint density at radius 3 is 2.47 bits per heavy atom. The third-order valence-corrected chi connectivity index (χ3v) is 10.2. The molecule has 1 fully saturated rings. The van der Waals surface area contributed by atoms with Gasteiger partial charge < -0.3 is 16.0 Å². The van der Waals surface area contributed by atoms with Gasteiger partial charge in [0.25, 0.3) is 11.8 Å². The van der Waals surface area contributed by atoms with Gasteiger partial charge in [-0.2, -0.15) is 0 Å². The Bertz CT molecular complexity index is 1640. The van der Waals surface area contributed by atoms with Crippen molar-refractivity contribution in [1.82, 2.24) is 10.3 Å². The number of benzene rings is 2. The van der Waals surface area contributed by atoms with Crippen LogP contribution >= 0.6 is 11.3 Å². The van der Waals surface area contributed by atoms with Gasteiger partial charge in [-0.25, -0.2) is 13.4 Å². The molecule has 10 heteroatoms. The van der Waals surface area contributed by atoms with Crippen molar-refractivity contribution in [3.8, 4) is 0 Å². The molecule has 4 aromatic rings. The number of aromatic nitrogens is 1. The minimum absolute atomic E-state index is 0.0382. The van der Waals surface area contributed by atoms with Gasteiger partial charge in [0, 0.05) is 40.2 Å². The van der Waals surface area contributed by atoms with Gasteiger partial charge in [0.2, 0.25) is 0 Å². The summed E-state index contributed by atoms with van der Waals surface area (Å²) in [5.41, 5.74) is 2.89. The normalized spacial score (nSPS) is 14.5. The van der Waals surface area contributed by atoms with Crippen molar-refractivity contribution in [2.75, 3.05) is 23.4 Å². The Morgan fingerprint density at radius 2 is 1.76 bits per heavy atom. The largest absolute Gasteiger partial charge is 0.350 e. The summed E-state index contributed by atoms with van der Waals surface area (Å²) >= 11 is 1.48. The first kappa shape index (κ1) is 25.9. The van der Waals surface area contributed by atoms with E-state index in [1.807, 2.05) is 60.8 Å². The summed E-state index contributed by atoms with van der Waals surface area (Å²) in [6.07, 6.45) is 4.50. The van der Waals surface area contributed by atoms with Crippen molar-refractivity contribution in [2.24, 2.45) is 0 Å². The monoisotopic (exact) mass is 548 g/mol. The number of amides is 2. The van der Waals surface area contributed by atoms with Crippen LogP contribution in [-0.2, 0) is 9.84 Å². The maximum absolute atomic E-state index is 13.3. The zero-order valence-electron chi connectivity index (χ0n) is 21.1. The highest BCUT2D eigenvalue weighted by Gasteiger charge is 2.46. The number of pyridine rings is 1. The third kappa shape index (κ3) is 5.01. The zero-order valence-corrected chi connectivity index (χ0v) is 22.7. The summed E-state index contributed by atoms with van der Waals surface area (Å²) in [7, 11) is -3.31. The molecule has 2 aromatic carbocycles. The Kier molecular flexibility index (Phi) is 6.93. The number of anilines is 3. The Hall–Kier alpha value is -3.76. The van der Waals surface area contributed by atoms with Gasteiger partial charge in [-0.15, -0.1) is 11.3 Å². The molecule has 0 unspecified atom stereocenters. The molecule has 5 rings (SSSR count). The van der Waals surface area contributed by atoms with Crippen LogP contribution in [0.2, 0.25) is 0 Å². The molecule has 0 radical (unpaired) electrons. The minimum atomic E-state index is -3.31. The second-order valence-corrected chi connectivity index (χ2v) is 13.0. The van der Waals surface area contributed by atoms with Crippen molar-refractivity contribution in [1.29, 1.82) is 0 Å². The minimum Gasteiger partial charge on any atom is -0.350 e. The predicted molar refractivity (Wildman–Crippen MR) is 152 cm³/mol. The van der Waals surface area contributed by atoms with Crippen LogP contribution in [0.15, 0.2) is 66.2 Å². The van der Waals surface area contributed by atoms with Crippen LogP contribution in [0.1, 0.15) is 45.5 Å². The third-order valence-electron chi connectivity index (χ3n) is 7.14. The summed E-state index contributed by atoms with van der Waals surface area (Å²) in [6.45, 7) is 1.99. The van der Waals surface area contributed by atoms with Crippen LogP contribution < -0.4 is 16.0 Å². The second kappa shape index (κ2) is 10.2. The average molecular weight is 549 g/mol. The molecule has 3 N–H and O–H groups in total. The summed E-state index contributed by atoms with van der Waals surface area (Å²) in [6, 6.07) is 16.9. The second-order valence-electron chi connectivity index (χ2n) is 9.65. The maximum atomic E-state index is 13.3. The highest BCUT2D eigenvalue weighted by Crippen LogP contribution is 2.38. The predicted octanol–water partition coefficient (Wildman–Crippen LogP) is 5.30. The van der Waals surface area contributed by atoms with Crippen LogP contribution in [0, 0.1) is 6.92 Å². The van der Waals surface area contributed by atoms with E-state index in [0.717, 1.165) is 27.8 Å². The van der Waals surface area contributed by atoms with Crippen LogP contribution in [0.25, 0.3) is 10.1 Å². The first-order valence-corrected chi connectivity index (χ1v) is 15.0. The molecule has 0 atom stereocenters. The number of para-hydroxylation sites is 1. The van der Waals surface area contributed by atoms with Gasteiger partial charge >= 0.3 is 0 Å². The standard InChI is InChI=1S/C28H28N4O4S2/c1-18-8-3-5-10-22(18)31-25-23(32-27(34)21-16-37-24-11-6-4-9-20(21)24)14-19(15-29-25)26(33)30-17-28(12-7-13-28)38(2,35)36/h3-6,8-11,14-16H,7,12-13,17H2,1-2H3,(H,29,31)(H,30,33)(H,32,34). The summed E-state index contributed by atoms with van der Waals surface area (Å²) in [5.74, 6) is -0.387. The molecule has 38 heavy (non-hydrogen) atoms. The molecule has 8 nitrogen and oxygen atoms in total. The highest BCUT2D eigenvalue weighted by atomic mass is 32.2. The van der Waals surface area contributed by atoms with E-state index in [-0.39, 0.29) is 18.0 Å². The lowest BCUT2D eigenvalue weighted by molar-refractivity contribution is 0.0941. The number of aryl methyl sites for hydroxylation is 1. The lowest BCUT2D eigenvalue weighted by atomic mass is 9.84. The zero-order chi connectivity index (χ0) is 26.9. The molecule has 0 spiro atoms. The van der Waals surface area contributed by atoms with Crippen LogP contribution in [0.3, 0.4) is 0 Å². The van der Waals surface area contributed by atoms with E-state index in [1.54, 1.807) is 6.07 Å². The summed E-state index contributed by atoms with van der Waals surface area (Å²) < 4.78 is 24.7. The van der Waals surface area contributed by atoms with E-state index < -0.39 is 20.5 Å². The molecular formula is C28H28N4O4S2. The smallest absolute Gasteiger partial charge is 0.257 e. The van der Waals surface area contributed by atoms with E-state index in [0.29, 0.717) is 29.9 Å². The van der Waals surface area contributed by atoms with E-state index in [4.69, 9.17) is 0 Å². The Labute approximate surface area is 225 Å². The fourth-order valence-electron chi connectivity index (χ4n) is 4.56. The van der Waals surface area contributed by atoms with E-state index in [2.05, 4.69) is 20.9 Å². The molecule has 1 aliphatic rings. The number of carbonyl (C=O) groups excluding carboxylic acids is 2. The lowest BCUT2D eigenvalue weighted by Crippen LogP contribution is -2.53. The molecular weight excluding hydrogens is 520 g/mol. The first-order chi connectivity index (χ1) is 18.2. The highest BCUT2D eigenvalue weighted by molar-refractivity contribution is 7.92. The molecule has 0 bridgehead atoms.